The molecule has 4 rings (SSSR count). The lowest BCUT2D eigenvalue weighted by molar-refractivity contribution is 0.210. The van der Waals surface area contributed by atoms with Crippen LogP contribution in [-0.2, 0) is 12.8 Å². The minimum atomic E-state index is -0.190. The first-order valence-corrected chi connectivity index (χ1v) is 11.6. The molecule has 154 valence electrons. The molecule has 0 aliphatic heterocycles. The topological polar surface area (TPSA) is 52.8 Å². The van der Waals surface area contributed by atoms with Crippen molar-refractivity contribution in [3.63, 3.8) is 0 Å². The van der Waals surface area contributed by atoms with Crippen LogP contribution in [0.5, 0.6) is 5.75 Å². The van der Waals surface area contributed by atoms with Crippen LogP contribution in [0.15, 0.2) is 59.1 Å². The van der Waals surface area contributed by atoms with Crippen molar-refractivity contribution in [2.75, 3.05) is 0 Å². The molecule has 2 heterocycles. The van der Waals surface area contributed by atoms with Crippen molar-refractivity contribution in [1.29, 1.82) is 0 Å². The molecule has 0 spiro atoms. The Hall–Kier alpha value is -2.64. The Balaban J connectivity index is 1.42. The van der Waals surface area contributed by atoms with E-state index in [0.717, 1.165) is 38.7 Å². The van der Waals surface area contributed by atoms with Crippen molar-refractivity contribution >= 4 is 23.1 Å². The molecule has 2 aromatic carbocycles. The minimum Gasteiger partial charge on any atom is -0.482 e. The van der Waals surface area contributed by atoms with Gasteiger partial charge in [-0.1, -0.05) is 54.2 Å². The van der Waals surface area contributed by atoms with Crippen molar-refractivity contribution < 1.29 is 4.74 Å². The average molecular weight is 437 g/mol. The summed E-state index contributed by atoms with van der Waals surface area (Å²) in [5, 5.41) is 12.8. The number of para-hydroxylation sites is 1. The van der Waals surface area contributed by atoms with E-state index in [-0.39, 0.29) is 6.10 Å². The summed E-state index contributed by atoms with van der Waals surface area (Å²) in [6.45, 7) is 6.16. The number of nitrogens with zero attached hydrogens (tertiary/aromatic N) is 4. The normalized spacial score (nSPS) is 12.1. The van der Waals surface area contributed by atoms with E-state index in [1.807, 2.05) is 49.7 Å². The summed E-state index contributed by atoms with van der Waals surface area (Å²) >= 11 is 3.32. The predicted octanol–water partition coefficient (Wildman–Crippen LogP) is 5.99. The fraction of sp³-hybridized carbons (Fsp3) is 0.261. The van der Waals surface area contributed by atoms with Gasteiger partial charge in [-0.05, 0) is 38.0 Å². The summed E-state index contributed by atoms with van der Waals surface area (Å²) in [5.41, 5.74) is 4.60. The number of aromatic nitrogens is 4. The Morgan fingerprint density at radius 3 is 2.53 bits per heavy atom. The maximum Gasteiger partial charge on any atom is 0.191 e. The highest BCUT2D eigenvalue weighted by Crippen LogP contribution is 2.30. The van der Waals surface area contributed by atoms with Gasteiger partial charge in [0.2, 0.25) is 0 Å². The SMILES string of the molecule is Cc1ccccc1OC(C)c1nnc(SCc2csc(-c3ccccc3C)n2)n1C. The van der Waals surface area contributed by atoms with Gasteiger partial charge in [-0.3, -0.25) is 0 Å². The van der Waals surface area contributed by atoms with E-state index in [0.29, 0.717) is 0 Å². The molecule has 7 heteroatoms. The Morgan fingerprint density at radius 2 is 1.77 bits per heavy atom. The van der Waals surface area contributed by atoms with E-state index in [2.05, 4.69) is 46.8 Å². The third-order valence-electron chi connectivity index (χ3n) is 4.91. The molecule has 0 fully saturated rings. The van der Waals surface area contributed by atoms with E-state index >= 15 is 0 Å². The van der Waals surface area contributed by atoms with E-state index in [1.165, 1.54) is 11.1 Å². The second-order valence-electron chi connectivity index (χ2n) is 7.17. The van der Waals surface area contributed by atoms with Gasteiger partial charge in [0.15, 0.2) is 17.1 Å². The minimum absolute atomic E-state index is 0.190. The monoisotopic (exact) mass is 436 g/mol. The number of thioether (sulfide) groups is 1. The molecule has 0 amide bonds. The first-order chi connectivity index (χ1) is 14.5. The summed E-state index contributed by atoms with van der Waals surface area (Å²) in [5.74, 6) is 2.43. The van der Waals surface area contributed by atoms with E-state index < -0.39 is 0 Å². The highest BCUT2D eigenvalue weighted by atomic mass is 32.2. The second kappa shape index (κ2) is 9.02. The molecule has 1 unspecified atom stereocenters. The number of benzene rings is 2. The largest absolute Gasteiger partial charge is 0.482 e. The molecule has 0 N–H and O–H groups in total. The van der Waals surface area contributed by atoms with Gasteiger partial charge < -0.3 is 9.30 Å². The quantitative estimate of drug-likeness (QED) is 0.333. The molecule has 0 aliphatic rings. The summed E-state index contributed by atoms with van der Waals surface area (Å²) in [4.78, 5) is 4.81. The number of hydrogen-bond donors (Lipinski definition) is 0. The lowest BCUT2D eigenvalue weighted by Crippen LogP contribution is -2.10. The number of hydrogen-bond acceptors (Lipinski definition) is 6. The van der Waals surface area contributed by atoms with Crippen molar-refractivity contribution in [2.45, 2.75) is 37.8 Å². The van der Waals surface area contributed by atoms with Gasteiger partial charge in [0.05, 0.1) is 5.69 Å². The number of rotatable bonds is 7. The van der Waals surface area contributed by atoms with Crippen LogP contribution in [0, 0.1) is 13.8 Å². The molecule has 30 heavy (non-hydrogen) atoms. The molecule has 4 aromatic rings. The lowest BCUT2D eigenvalue weighted by Gasteiger charge is -2.15. The van der Waals surface area contributed by atoms with Crippen molar-refractivity contribution in [2.24, 2.45) is 7.05 Å². The van der Waals surface area contributed by atoms with Crippen LogP contribution in [-0.4, -0.2) is 19.7 Å². The maximum absolute atomic E-state index is 6.11. The van der Waals surface area contributed by atoms with E-state index in [4.69, 9.17) is 9.72 Å². The Bertz CT molecular complexity index is 1150. The van der Waals surface area contributed by atoms with Crippen molar-refractivity contribution in [1.82, 2.24) is 19.7 Å². The highest BCUT2D eigenvalue weighted by molar-refractivity contribution is 7.98. The van der Waals surface area contributed by atoms with Gasteiger partial charge in [-0.15, -0.1) is 21.5 Å². The molecule has 0 saturated carbocycles. The summed E-state index contributed by atoms with van der Waals surface area (Å²) in [6, 6.07) is 16.4. The molecule has 0 radical (unpaired) electrons. The number of thiazole rings is 1. The van der Waals surface area contributed by atoms with E-state index in [1.54, 1.807) is 23.1 Å². The fourth-order valence-corrected chi connectivity index (χ4v) is 5.01. The van der Waals surface area contributed by atoms with Crippen LogP contribution in [0.1, 0.15) is 35.7 Å². The van der Waals surface area contributed by atoms with Crippen LogP contribution in [0.4, 0.5) is 0 Å². The predicted molar refractivity (Wildman–Crippen MR) is 123 cm³/mol. The molecule has 5 nitrogen and oxygen atoms in total. The third kappa shape index (κ3) is 4.42. The lowest BCUT2D eigenvalue weighted by atomic mass is 10.1. The zero-order chi connectivity index (χ0) is 21.1. The van der Waals surface area contributed by atoms with Gasteiger partial charge in [-0.2, -0.15) is 0 Å². The zero-order valence-corrected chi connectivity index (χ0v) is 19.1. The molecular formula is C23H24N4OS2. The van der Waals surface area contributed by atoms with Crippen LogP contribution in [0.25, 0.3) is 10.6 Å². The molecule has 1 atom stereocenters. The first-order valence-electron chi connectivity index (χ1n) is 9.77. The molecular weight excluding hydrogens is 412 g/mol. The van der Waals surface area contributed by atoms with Gasteiger partial charge in [0.1, 0.15) is 10.8 Å². The summed E-state index contributed by atoms with van der Waals surface area (Å²) in [6.07, 6.45) is -0.190. The van der Waals surface area contributed by atoms with Gasteiger partial charge >= 0.3 is 0 Å². The highest BCUT2D eigenvalue weighted by Gasteiger charge is 2.18. The molecule has 0 saturated heterocycles. The number of ether oxygens (including phenoxy) is 1. The molecule has 0 aliphatic carbocycles. The third-order valence-corrected chi connectivity index (χ3v) is 6.88. The maximum atomic E-state index is 6.11. The zero-order valence-electron chi connectivity index (χ0n) is 17.5. The van der Waals surface area contributed by atoms with Crippen molar-refractivity contribution in [3.05, 3.63) is 76.6 Å². The van der Waals surface area contributed by atoms with E-state index in [9.17, 15) is 0 Å². The van der Waals surface area contributed by atoms with Crippen LogP contribution in [0.3, 0.4) is 0 Å². The van der Waals surface area contributed by atoms with Crippen LogP contribution < -0.4 is 4.74 Å². The van der Waals surface area contributed by atoms with Crippen LogP contribution in [0.2, 0.25) is 0 Å². The van der Waals surface area contributed by atoms with Crippen LogP contribution >= 0.6 is 23.1 Å². The Kier molecular flexibility index (Phi) is 6.20. The van der Waals surface area contributed by atoms with Gasteiger partial charge in [0, 0.05) is 23.7 Å². The summed E-state index contributed by atoms with van der Waals surface area (Å²) in [7, 11) is 1.98. The molecule has 2 aromatic heterocycles. The van der Waals surface area contributed by atoms with Gasteiger partial charge in [0.25, 0.3) is 0 Å². The van der Waals surface area contributed by atoms with Crippen molar-refractivity contribution in [3.8, 4) is 16.3 Å². The van der Waals surface area contributed by atoms with Gasteiger partial charge in [-0.25, -0.2) is 4.98 Å². The Labute approximate surface area is 185 Å². The Morgan fingerprint density at radius 1 is 1.03 bits per heavy atom. The standard InChI is InChI=1S/C23H24N4OS2/c1-15-9-5-7-11-19(15)22-24-18(13-29-22)14-30-23-26-25-21(27(23)4)17(3)28-20-12-8-6-10-16(20)2/h5-13,17H,14H2,1-4H3. The average Bonchev–Trinajstić information content (AvgIpc) is 3.35. The molecule has 0 bridgehead atoms. The fourth-order valence-electron chi connectivity index (χ4n) is 3.19. The number of aryl methyl sites for hydroxylation is 2. The summed E-state index contributed by atoms with van der Waals surface area (Å²) < 4.78 is 8.11. The first kappa shape index (κ1) is 20.6. The smallest absolute Gasteiger partial charge is 0.191 e. The second-order valence-corrected chi connectivity index (χ2v) is 8.97.